The number of nitrogens with zero attached hydrogens (tertiary/aromatic N) is 2. The van der Waals surface area contributed by atoms with Gasteiger partial charge in [0.25, 0.3) is 5.91 Å². The van der Waals surface area contributed by atoms with Crippen molar-refractivity contribution in [2.45, 2.75) is 39.5 Å². The number of carbonyl (C=O) groups is 3. The van der Waals surface area contributed by atoms with Crippen LogP contribution in [0, 0.1) is 0 Å². The van der Waals surface area contributed by atoms with Gasteiger partial charge in [-0.1, -0.05) is 54.6 Å². The number of nitrogens with one attached hydrogen (secondary N) is 1. The van der Waals surface area contributed by atoms with Gasteiger partial charge >= 0.3 is 0 Å². The molecule has 0 bridgehead atoms. The van der Waals surface area contributed by atoms with Gasteiger partial charge in [-0.05, 0) is 42.3 Å². The maximum atomic E-state index is 14.0. The highest BCUT2D eigenvalue weighted by atomic mass is 16.5. The van der Waals surface area contributed by atoms with Crippen LogP contribution in [0.5, 0.6) is 5.75 Å². The summed E-state index contributed by atoms with van der Waals surface area (Å²) < 4.78 is 6.11. The molecule has 0 saturated carbocycles. The minimum absolute atomic E-state index is 0.134. The van der Waals surface area contributed by atoms with E-state index >= 15 is 0 Å². The molecule has 1 heterocycles. The molecule has 7 nitrogen and oxygen atoms in total. The largest absolute Gasteiger partial charge is 0.476 e. The van der Waals surface area contributed by atoms with Gasteiger partial charge in [0.2, 0.25) is 11.8 Å². The molecule has 0 aliphatic carbocycles. The van der Waals surface area contributed by atoms with Crippen molar-refractivity contribution in [3.63, 3.8) is 0 Å². The lowest BCUT2D eigenvalue weighted by molar-refractivity contribution is -0.141. The summed E-state index contributed by atoms with van der Waals surface area (Å²) in [4.78, 5) is 41.2. The normalized spacial score (nSPS) is 15.4. The lowest BCUT2D eigenvalue weighted by Crippen LogP contribution is -2.51. The van der Waals surface area contributed by atoms with Crippen LogP contribution < -0.4 is 15.0 Å². The number of hydrogen-bond donors (Lipinski definition) is 1. The van der Waals surface area contributed by atoms with Crippen LogP contribution in [-0.2, 0) is 20.9 Å². The summed E-state index contributed by atoms with van der Waals surface area (Å²) in [6, 6.07) is 24.1. The van der Waals surface area contributed by atoms with E-state index in [1.54, 1.807) is 15.9 Å². The monoisotopic (exact) mass is 471 g/mol. The van der Waals surface area contributed by atoms with Gasteiger partial charge < -0.3 is 19.9 Å². The van der Waals surface area contributed by atoms with E-state index in [9.17, 15) is 14.4 Å². The summed E-state index contributed by atoms with van der Waals surface area (Å²) >= 11 is 0. The number of benzene rings is 3. The average molecular weight is 472 g/mol. The third-order valence-electron chi connectivity index (χ3n) is 6.06. The van der Waals surface area contributed by atoms with E-state index in [1.165, 1.54) is 13.8 Å². The highest BCUT2D eigenvalue weighted by Gasteiger charge is 2.36. The summed E-state index contributed by atoms with van der Waals surface area (Å²) in [6.45, 7) is 5.40. The van der Waals surface area contributed by atoms with E-state index in [-0.39, 0.29) is 30.3 Å². The van der Waals surface area contributed by atoms with E-state index in [0.717, 1.165) is 11.1 Å². The third kappa shape index (κ3) is 5.51. The van der Waals surface area contributed by atoms with Crippen molar-refractivity contribution in [1.29, 1.82) is 0 Å². The number of carbonyl (C=O) groups excluding carboxylic acids is 3. The Kier molecular flexibility index (Phi) is 7.15. The minimum atomic E-state index is -0.849. The Morgan fingerprint density at radius 1 is 1.00 bits per heavy atom. The second-order valence-corrected chi connectivity index (χ2v) is 8.64. The molecule has 180 valence electrons. The van der Waals surface area contributed by atoms with Crippen molar-refractivity contribution < 1.29 is 19.1 Å². The molecule has 3 amide bonds. The fraction of sp³-hybridized carbons (Fsp3) is 0.250. The number of rotatable bonds is 6. The Balaban J connectivity index is 1.67. The second-order valence-electron chi connectivity index (χ2n) is 8.64. The molecule has 1 aliphatic rings. The summed E-state index contributed by atoms with van der Waals surface area (Å²) in [5.41, 5.74) is 3.18. The molecule has 7 heteroatoms. The summed E-state index contributed by atoms with van der Waals surface area (Å²) in [5.74, 6) is -0.0193. The highest BCUT2D eigenvalue weighted by molar-refractivity contribution is 5.96. The first-order valence-corrected chi connectivity index (χ1v) is 11.6. The van der Waals surface area contributed by atoms with Crippen molar-refractivity contribution in [1.82, 2.24) is 4.90 Å². The van der Waals surface area contributed by atoms with Crippen molar-refractivity contribution in [3.05, 3.63) is 90.0 Å². The molecule has 3 aromatic carbocycles. The number of anilines is 2. The Labute approximate surface area is 205 Å². The minimum Gasteiger partial charge on any atom is -0.476 e. The van der Waals surface area contributed by atoms with Crippen LogP contribution >= 0.6 is 0 Å². The van der Waals surface area contributed by atoms with Gasteiger partial charge in [0.1, 0.15) is 5.75 Å². The van der Waals surface area contributed by atoms with Crippen molar-refractivity contribution in [2.24, 2.45) is 0 Å². The molecular weight excluding hydrogens is 442 g/mol. The van der Waals surface area contributed by atoms with E-state index in [1.807, 2.05) is 79.7 Å². The lowest BCUT2D eigenvalue weighted by atomic mass is 10.0. The predicted molar refractivity (Wildman–Crippen MR) is 135 cm³/mol. The SMILES string of the molecule is CC(=O)Nc1cccc(C(C)N(Cc2ccccc2)C(=O)C2CN(C(C)=O)c3ccccc3O2)c1. The maximum absolute atomic E-state index is 14.0. The first kappa shape index (κ1) is 24.0. The Hall–Kier alpha value is -4.13. The Morgan fingerprint density at radius 2 is 1.71 bits per heavy atom. The zero-order valence-corrected chi connectivity index (χ0v) is 20.1. The van der Waals surface area contributed by atoms with Gasteiger partial charge in [-0.15, -0.1) is 0 Å². The molecule has 0 spiro atoms. The number of para-hydroxylation sites is 2. The van der Waals surface area contributed by atoms with E-state index in [0.29, 0.717) is 23.7 Å². The van der Waals surface area contributed by atoms with Crippen molar-refractivity contribution >= 4 is 29.1 Å². The molecule has 0 saturated heterocycles. The topological polar surface area (TPSA) is 79.0 Å². The van der Waals surface area contributed by atoms with Crippen LogP contribution in [0.4, 0.5) is 11.4 Å². The van der Waals surface area contributed by atoms with Crippen LogP contribution in [-0.4, -0.2) is 35.3 Å². The zero-order valence-electron chi connectivity index (χ0n) is 20.1. The molecule has 0 radical (unpaired) electrons. The van der Waals surface area contributed by atoms with E-state index in [2.05, 4.69) is 5.32 Å². The second kappa shape index (κ2) is 10.4. The number of ether oxygens (including phenoxy) is 1. The highest BCUT2D eigenvalue weighted by Crippen LogP contribution is 2.35. The molecule has 1 N–H and O–H groups in total. The molecule has 3 aromatic rings. The van der Waals surface area contributed by atoms with Crippen LogP contribution in [0.1, 0.15) is 37.9 Å². The van der Waals surface area contributed by atoms with Crippen LogP contribution in [0.25, 0.3) is 0 Å². The lowest BCUT2D eigenvalue weighted by Gasteiger charge is -2.38. The van der Waals surface area contributed by atoms with Gasteiger partial charge in [0.15, 0.2) is 6.10 Å². The number of amides is 3. The van der Waals surface area contributed by atoms with Gasteiger partial charge in [-0.2, -0.15) is 0 Å². The fourth-order valence-electron chi connectivity index (χ4n) is 4.29. The molecule has 35 heavy (non-hydrogen) atoms. The summed E-state index contributed by atoms with van der Waals surface area (Å²) in [7, 11) is 0. The van der Waals surface area contributed by atoms with Crippen molar-refractivity contribution in [3.8, 4) is 5.75 Å². The molecular formula is C28H29N3O4. The van der Waals surface area contributed by atoms with Gasteiger partial charge in [0.05, 0.1) is 18.3 Å². The fourth-order valence-corrected chi connectivity index (χ4v) is 4.29. The number of fused-ring (bicyclic) bond motifs is 1. The number of hydrogen-bond acceptors (Lipinski definition) is 4. The smallest absolute Gasteiger partial charge is 0.266 e. The van der Waals surface area contributed by atoms with Crippen molar-refractivity contribution in [2.75, 3.05) is 16.8 Å². The van der Waals surface area contributed by atoms with Crippen LogP contribution in [0.2, 0.25) is 0 Å². The van der Waals surface area contributed by atoms with Gasteiger partial charge in [0, 0.05) is 26.1 Å². The van der Waals surface area contributed by atoms with Gasteiger partial charge in [-0.25, -0.2) is 0 Å². The van der Waals surface area contributed by atoms with Gasteiger partial charge in [-0.3, -0.25) is 14.4 Å². The average Bonchev–Trinajstić information content (AvgIpc) is 2.86. The first-order valence-electron chi connectivity index (χ1n) is 11.6. The van der Waals surface area contributed by atoms with Crippen LogP contribution in [0.15, 0.2) is 78.9 Å². The summed E-state index contributed by atoms with van der Waals surface area (Å²) in [5, 5.41) is 2.80. The Bertz CT molecular complexity index is 1230. The van der Waals surface area contributed by atoms with E-state index < -0.39 is 6.10 Å². The molecule has 1 aliphatic heterocycles. The standard InChI is InChI=1S/C28H29N3O4/c1-19(23-12-9-13-24(16-23)29-20(2)32)30(17-22-10-5-4-6-11-22)28(34)27-18-31(21(3)33)25-14-7-8-15-26(25)35-27/h4-16,19,27H,17-18H2,1-3H3,(H,29,32). The van der Waals surface area contributed by atoms with Crippen LogP contribution in [0.3, 0.4) is 0 Å². The summed E-state index contributed by atoms with van der Waals surface area (Å²) in [6.07, 6.45) is -0.849. The molecule has 4 rings (SSSR count). The first-order chi connectivity index (χ1) is 16.8. The molecule has 2 unspecified atom stereocenters. The van der Waals surface area contributed by atoms with E-state index in [4.69, 9.17) is 4.74 Å². The third-order valence-corrected chi connectivity index (χ3v) is 6.06. The zero-order chi connectivity index (χ0) is 24.9. The maximum Gasteiger partial charge on any atom is 0.266 e. The quantitative estimate of drug-likeness (QED) is 0.572. The molecule has 0 aromatic heterocycles. The molecule has 0 fully saturated rings. The predicted octanol–water partition coefficient (Wildman–Crippen LogP) is 4.55. The Morgan fingerprint density at radius 3 is 2.43 bits per heavy atom. The molecule has 2 atom stereocenters.